The Kier molecular flexibility index (Phi) is 6.25. The summed E-state index contributed by atoms with van der Waals surface area (Å²) in [6.45, 7) is 2.75. The highest BCUT2D eigenvalue weighted by molar-refractivity contribution is 6.42. The summed E-state index contributed by atoms with van der Waals surface area (Å²) in [6.07, 6.45) is 1.55. The van der Waals surface area contributed by atoms with Crippen molar-refractivity contribution in [1.82, 2.24) is 4.90 Å². The monoisotopic (exact) mass is 513 g/mol. The molecule has 0 atom stereocenters. The summed E-state index contributed by atoms with van der Waals surface area (Å²) in [7, 11) is 0. The number of amides is 1. The van der Waals surface area contributed by atoms with E-state index in [1.807, 2.05) is 12.1 Å². The zero-order valence-corrected chi connectivity index (χ0v) is 20.2. The largest absolute Gasteiger partial charge is 0.307 e. The van der Waals surface area contributed by atoms with Gasteiger partial charge in [0.2, 0.25) is 0 Å². The maximum absolute atomic E-state index is 14.3. The molecule has 0 saturated carbocycles. The molecule has 180 valence electrons. The van der Waals surface area contributed by atoms with E-state index in [0.717, 1.165) is 43.6 Å². The lowest BCUT2D eigenvalue weighted by atomic mass is 9.74. The first-order chi connectivity index (χ1) is 16.8. The molecule has 0 aromatic heterocycles. The maximum Gasteiger partial charge on any atom is 0.269 e. The van der Waals surface area contributed by atoms with E-state index in [0.29, 0.717) is 27.8 Å². The van der Waals surface area contributed by atoms with Gasteiger partial charge in [-0.15, -0.1) is 0 Å². The Hall–Kier alpha value is -3.00. The van der Waals surface area contributed by atoms with Gasteiger partial charge in [-0.2, -0.15) is 0 Å². The van der Waals surface area contributed by atoms with Crippen LogP contribution >= 0.6 is 23.2 Å². The minimum Gasteiger partial charge on any atom is -0.307 e. The van der Waals surface area contributed by atoms with E-state index >= 15 is 0 Å². The molecule has 6 nitrogen and oxygen atoms in total. The summed E-state index contributed by atoms with van der Waals surface area (Å²) < 4.78 is 14.3. The van der Waals surface area contributed by atoms with Gasteiger partial charge < -0.3 is 4.90 Å². The fourth-order valence-corrected chi connectivity index (χ4v) is 5.49. The van der Waals surface area contributed by atoms with Crippen LogP contribution in [0.3, 0.4) is 0 Å². The Bertz CT molecular complexity index is 1310. The Morgan fingerprint density at radius 2 is 1.71 bits per heavy atom. The quantitative estimate of drug-likeness (QED) is 0.306. The van der Waals surface area contributed by atoms with Crippen molar-refractivity contribution in [2.24, 2.45) is 0 Å². The minimum atomic E-state index is -0.497. The lowest BCUT2D eigenvalue weighted by Crippen LogP contribution is -2.45. The first kappa shape index (κ1) is 23.7. The first-order valence-electron chi connectivity index (χ1n) is 11.3. The fraction of sp³-hybridized carbons (Fsp3) is 0.269. The van der Waals surface area contributed by atoms with Crippen LogP contribution in [0.25, 0.3) is 0 Å². The van der Waals surface area contributed by atoms with Crippen LogP contribution < -0.4 is 4.90 Å². The van der Waals surface area contributed by atoms with Gasteiger partial charge in [-0.3, -0.25) is 19.8 Å². The molecule has 2 heterocycles. The van der Waals surface area contributed by atoms with Crippen LogP contribution in [0, 0.1) is 15.9 Å². The van der Waals surface area contributed by atoms with Crippen molar-refractivity contribution in [1.29, 1.82) is 0 Å². The third-order valence-corrected chi connectivity index (χ3v) is 7.79. The Morgan fingerprint density at radius 1 is 1.00 bits per heavy atom. The number of carbonyl (C=O) groups excluding carboxylic acids is 1. The number of likely N-dealkylation sites (tertiary alicyclic amines) is 1. The number of halogens is 3. The smallest absolute Gasteiger partial charge is 0.269 e. The number of rotatable bonds is 4. The number of benzene rings is 3. The van der Waals surface area contributed by atoms with Crippen LogP contribution in [0.2, 0.25) is 10.0 Å². The highest BCUT2D eigenvalue weighted by atomic mass is 35.5. The zero-order chi connectivity index (χ0) is 24.7. The van der Waals surface area contributed by atoms with Crippen LogP contribution in [0.5, 0.6) is 0 Å². The van der Waals surface area contributed by atoms with E-state index in [4.69, 9.17) is 23.2 Å². The lowest BCUT2D eigenvalue weighted by molar-refractivity contribution is -0.384. The van der Waals surface area contributed by atoms with Crippen LogP contribution in [0.1, 0.15) is 34.3 Å². The second-order valence-corrected chi connectivity index (χ2v) is 9.98. The predicted molar refractivity (Wildman–Crippen MR) is 134 cm³/mol. The molecule has 35 heavy (non-hydrogen) atoms. The van der Waals surface area contributed by atoms with E-state index in [1.54, 1.807) is 23.1 Å². The first-order valence-corrected chi connectivity index (χ1v) is 12.0. The second-order valence-electron chi connectivity index (χ2n) is 9.16. The number of hydrogen-bond donors (Lipinski definition) is 0. The number of anilines is 1. The van der Waals surface area contributed by atoms with Gasteiger partial charge in [0.25, 0.3) is 11.6 Å². The van der Waals surface area contributed by atoms with Gasteiger partial charge in [0.05, 0.1) is 15.0 Å². The number of nitrogens with zero attached hydrogens (tertiary/aromatic N) is 3. The average molecular weight is 514 g/mol. The zero-order valence-electron chi connectivity index (χ0n) is 18.7. The van der Waals surface area contributed by atoms with E-state index in [9.17, 15) is 19.3 Å². The summed E-state index contributed by atoms with van der Waals surface area (Å²) in [4.78, 5) is 27.9. The third-order valence-electron chi connectivity index (χ3n) is 7.06. The number of piperidine rings is 1. The van der Waals surface area contributed by atoms with Gasteiger partial charge in [0, 0.05) is 41.9 Å². The SMILES string of the molecule is O=C(c1ccc([N+](=O)[O-])cc1)N1CC2(CCN(Cc3ccc(Cl)c(Cl)c3)CC2)c2cc(F)ccc21. The summed E-state index contributed by atoms with van der Waals surface area (Å²) in [5.74, 6) is -0.575. The van der Waals surface area contributed by atoms with Gasteiger partial charge in [-0.1, -0.05) is 29.3 Å². The molecule has 0 N–H and O–H groups in total. The van der Waals surface area contributed by atoms with Gasteiger partial charge in [0.1, 0.15) is 5.82 Å². The molecule has 5 rings (SSSR count). The summed E-state index contributed by atoms with van der Waals surface area (Å²) in [5.41, 5.74) is 2.57. The van der Waals surface area contributed by atoms with E-state index in [1.165, 1.54) is 30.3 Å². The average Bonchev–Trinajstić information content (AvgIpc) is 3.15. The Balaban J connectivity index is 1.37. The normalized spacial score (nSPS) is 16.9. The molecule has 0 unspecified atom stereocenters. The van der Waals surface area contributed by atoms with Crippen LogP contribution in [-0.2, 0) is 12.0 Å². The molecule has 1 amide bonds. The third kappa shape index (κ3) is 4.51. The van der Waals surface area contributed by atoms with Crippen molar-refractivity contribution in [3.8, 4) is 0 Å². The highest BCUT2D eigenvalue weighted by Gasteiger charge is 2.46. The molecule has 1 fully saturated rings. The van der Waals surface area contributed by atoms with E-state index in [2.05, 4.69) is 4.90 Å². The molecule has 1 saturated heterocycles. The van der Waals surface area contributed by atoms with Gasteiger partial charge in [-0.25, -0.2) is 4.39 Å². The molecule has 9 heteroatoms. The Morgan fingerprint density at radius 3 is 2.37 bits per heavy atom. The molecule has 0 bridgehead atoms. The van der Waals surface area contributed by atoms with Crippen LogP contribution in [0.15, 0.2) is 60.7 Å². The van der Waals surface area contributed by atoms with Crippen molar-refractivity contribution in [3.63, 3.8) is 0 Å². The van der Waals surface area contributed by atoms with Gasteiger partial charge in [-0.05, 0) is 79.5 Å². The lowest BCUT2D eigenvalue weighted by Gasteiger charge is -2.40. The molecule has 0 aliphatic carbocycles. The highest BCUT2D eigenvalue weighted by Crippen LogP contribution is 2.48. The van der Waals surface area contributed by atoms with Crippen LogP contribution in [-0.4, -0.2) is 35.4 Å². The van der Waals surface area contributed by atoms with Crippen molar-refractivity contribution >= 4 is 40.5 Å². The maximum atomic E-state index is 14.3. The molecule has 2 aliphatic rings. The summed E-state index contributed by atoms with van der Waals surface area (Å²) in [5, 5.41) is 12.0. The Labute approximate surface area is 212 Å². The van der Waals surface area contributed by atoms with Crippen molar-refractivity contribution in [3.05, 3.63) is 103 Å². The van der Waals surface area contributed by atoms with E-state index < -0.39 is 4.92 Å². The molecule has 2 aliphatic heterocycles. The second kappa shape index (κ2) is 9.22. The molecular weight excluding hydrogens is 492 g/mol. The number of nitro groups is 1. The number of nitro benzene ring substituents is 1. The fourth-order valence-electron chi connectivity index (χ4n) is 5.17. The summed E-state index contributed by atoms with van der Waals surface area (Å²) >= 11 is 12.2. The molecular formula is C26H22Cl2FN3O3. The van der Waals surface area contributed by atoms with Crippen molar-refractivity contribution in [2.45, 2.75) is 24.8 Å². The minimum absolute atomic E-state index is 0.0729. The van der Waals surface area contributed by atoms with Gasteiger partial charge in [0.15, 0.2) is 0 Å². The van der Waals surface area contributed by atoms with E-state index in [-0.39, 0.29) is 22.8 Å². The number of non-ortho nitro benzene ring substituents is 1. The summed E-state index contributed by atoms with van der Waals surface area (Å²) in [6, 6.07) is 15.8. The standard InChI is InChI=1S/C26H22Cl2FN3O3/c27-22-7-1-17(13-23(22)28)15-30-11-9-26(10-12-30)16-31(24-8-4-19(29)14-21(24)26)25(33)18-2-5-20(6-3-18)32(34)35/h1-8,13-14H,9-12,15-16H2. The molecule has 1 spiro atoms. The topological polar surface area (TPSA) is 66.7 Å². The van der Waals surface area contributed by atoms with Crippen molar-refractivity contribution < 1.29 is 14.1 Å². The number of hydrogen-bond acceptors (Lipinski definition) is 4. The molecule has 3 aromatic carbocycles. The predicted octanol–water partition coefficient (Wildman–Crippen LogP) is 6.23. The van der Waals surface area contributed by atoms with Crippen LogP contribution in [0.4, 0.5) is 15.8 Å². The van der Waals surface area contributed by atoms with Gasteiger partial charge >= 0.3 is 0 Å². The number of fused-ring (bicyclic) bond motifs is 2. The molecule has 0 radical (unpaired) electrons. The number of carbonyl (C=O) groups is 1. The van der Waals surface area contributed by atoms with Crippen molar-refractivity contribution in [2.75, 3.05) is 24.5 Å². The molecule has 3 aromatic rings.